The molecule has 0 aromatic carbocycles. The molecule has 0 spiro atoms. The van der Waals surface area contributed by atoms with Crippen molar-refractivity contribution in [2.45, 2.75) is 50.7 Å². The molecule has 0 radical (unpaired) electrons. The molecular weight excluding hydrogens is 288 g/mol. The van der Waals surface area contributed by atoms with Crippen molar-refractivity contribution in [1.29, 1.82) is 0 Å². The van der Waals surface area contributed by atoms with Gasteiger partial charge in [0.05, 0.1) is 12.4 Å². The van der Waals surface area contributed by atoms with Crippen LogP contribution in [0.3, 0.4) is 0 Å². The van der Waals surface area contributed by atoms with E-state index in [9.17, 15) is 0 Å². The topological polar surface area (TPSA) is 41.5 Å². The van der Waals surface area contributed by atoms with Crippen molar-refractivity contribution >= 4 is 5.82 Å². The summed E-state index contributed by atoms with van der Waals surface area (Å²) in [7, 11) is 0. The summed E-state index contributed by atoms with van der Waals surface area (Å²) in [4.78, 5) is 14.0. The van der Waals surface area contributed by atoms with E-state index >= 15 is 0 Å². The lowest BCUT2D eigenvalue weighted by molar-refractivity contribution is 0.148. The zero-order chi connectivity index (χ0) is 15.5. The highest BCUT2D eigenvalue weighted by Gasteiger charge is 2.29. The Morgan fingerprint density at radius 2 is 1.83 bits per heavy atom. The van der Waals surface area contributed by atoms with Crippen LogP contribution in [0.5, 0.6) is 5.88 Å². The number of ether oxygens (including phenoxy) is 1. The lowest BCUT2D eigenvalue weighted by Gasteiger charge is -2.25. The molecule has 124 valence electrons. The zero-order valence-electron chi connectivity index (χ0n) is 13.7. The lowest BCUT2D eigenvalue weighted by atomic mass is 9.98. The van der Waals surface area contributed by atoms with Gasteiger partial charge in [0.1, 0.15) is 6.10 Å². The van der Waals surface area contributed by atoms with Crippen LogP contribution >= 0.6 is 0 Å². The molecule has 1 aromatic heterocycles. The van der Waals surface area contributed by atoms with Gasteiger partial charge in [-0.15, -0.1) is 0 Å². The number of nitrogens with zero attached hydrogens (tertiary/aromatic N) is 4. The van der Waals surface area contributed by atoms with E-state index in [1.54, 1.807) is 6.20 Å². The van der Waals surface area contributed by atoms with Crippen LogP contribution < -0.4 is 9.64 Å². The van der Waals surface area contributed by atoms with Gasteiger partial charge < -0.3 is 9.64 Å². The Bertz CT molecular complexity index is 548. The van der Waals surface area contributed by atoms with E-state index in [-0.39, 0.29) is 0 Å². The van der Waals surface area contributed by atoms with Gasteiger partial charge in [-0.1, -0.05) is 18.6 Å². The maximum absolute atomic E-state index is 6.06. The molecule has 0 amide bonds. The van der Waals surface area contributed by atoms with Crippen LogP contribution in [0.25, 0.3) is 0 Å². The van der Waals surface area contributed by atoms with Crippen LogP contribution in [-0.4, -0.2) is 53.2 Å². The maximum atomic E-state index is 6.06. The highest BCUT2D eigenvalue weighted by Crippen LogP contribution is 2.25. The molecule has 5 nitrogen and oxygen atoms in total. The number of rotatable bonds is 4. The van der Waals surface area contributed by atoms with Crippen molar-refractivity contribution in [2.75, 3.05) is 31.1 Å². The first-order valence-corrected chi connectivity index (χ1v) is 9.01. The molecule has 1 saturated carbocycles. The molecule has 1 unspecified atom stereocenters. The largest absolute Gasteiger partial charge is 0.473 e. The summed E-state index contributed by atoms with van der Waals surface area (Å²) in [5.41, 5.74) is 0. The van der Waals surface area contributed by atoms with E-state index in [2.05, 4.69) is 26.9 Å². The number of hydrogen-bond acceptors (Lipinski definition) is 5. The first kappa shape index (κ1) is 14.9. The predicted octanol–water partition coefficient (Wildman–Crippen LogP) is 2.64. The molecule has 5 heteroatoms. The van der Waals surface area contributed by atoms with E-state index in [4.69, 9.17) is 9.72 Å². The minimum Gasteiger partial charge on any atom is -0.473 e. The summed E-state index contributed by atoms with van der Waals surface area (Å²) in [5.74, 6) is 1.66. The molecule has 23 heavy (non-hydrogen) atoms. The van der Waals surface area contributed by atoms with Gasteiger partial charge in [0.15, 0.2) is 5.82 Å². The van der Waals surface area contributed by atoms with Crippen molar-refractivity contribution in [2.24, 2.45) is 0 Å². The van der Waals surface area contributed by atoms with E-state index in [1.165, 1.54) is 25.7 Å². The lowest BCUT2D eigenvalue weighted by Crippen LogP contribution is -2.35. The Labute approximate surface area is 138 Å². The summed E-state index contributed by atoms with van der Waals surface area (Å²) < 4.78 is 6.06. The molecule has 3 heterocycles. The van der Waals surface area contributed by atoms with Crippen LogP contribution in [0, 0.1) is 0 Å². The maximum Gasteiger partial charge on any atom is 0.234 e. The van der Waals surface area contributed by atoms with E-state index in [0.29, 0.717) is 18.0 Å². The summed E-state index contributed by atoms with van der Waals surface area (Å²) >= 11 is 0. The minimum absolute atomic E-state index is 0.329. The molecule has 0 bridgehead atoms. The average Bonchev–Trinajstić information content (AvgIpc) is 3.28. The first-order chi connectivity index (χ1) is 11.4. The monoisotopic (exact) mass is 314 g/mol. The molecule has 2 fully saturated rings. The van der Waals surface area contributed by atoms with Gasteiger partial charge in [0.2, 0.25) is 5.88 Å². The molecule has 1 saturated heterocycles. The third kappa shape index (κ3) is 3.50. The number of anilines is 1. The van der Waals surface area contributed by atoms with Crippen molar-refractivity contribution < 1.29 is 4.74 Å². The van der Waals surface area contributed by atoms with Crippen LogP contribution in [-0.2, 0) is 0 Å². The van der Waals surface area contributed by atoms with Crippen LogP contribution in [0.15, 0.2) is 24.5 Å². The van der Waals surface area contributed by atoms with Gasteiger partial charge in [-0.3, -0.25) is 9.88 Å². The highest BCUT2D eigenvalue weighted by atomic mass is 16.5. The Hall–Kier alpha value is -1.62. The van der Waals surface area contributed by atoms with Crippen LogP contribution in [0.4, 0.5) is 5.82 Å². The molecular formula is C18H26N4O. The van der Waals surface area contributed by atoms with Crippen molar-refractivity contribution in [1.82, 2.24) is 14.9 Å². The molecule has 1 atom stereocenters. The fourth-order valence-corrected chi connectivity index (χ4v) is 3.94. The molecule has 2 aliphatic heterocycles. The second-order valence-electron chi connectivity index (χ2n) is 6.91. The van der Waals surface area contributed by atoms with Crippen molar-refractivity contribution in [3.63, 3.8) is 0 Å². The van der Waals surface area contributed by atoms with Gasteiger partial charge in [0.25, 0.3) is 0 Å². The molecule has 3 aliphatic rings. The fraction of sp³-hybridized carbons (Fsp3) is 0.667. The van der Waals surface area contributed by atoms with Crippen molar-refractivity contribution in [3.8, 4) is 5.88 Å². The molecule has 1 aromatic rings. The Balaban J connectivity index is 1.38. The van der Waals surface area contributed by atoms with Gasteiger partial charge in [-0.2, -0.15) is 4.98 Å². The van der Waals surface area contributed by atoms with E-state index in [1.807, 2.05) is 6.20 Å². The smallest absolute Gasteiger partial charge is 0.234 e. The summed E-state index contributed by atoms with van der Waals surface area (Å²) in [6, 6.07) is 0.634. The first-order valence-electron chi connectivity index (χ1n) is 9.01. The van der Waals surface area contributed by atoms with Crippen LogP contribution in [0.1, 0.15) is 38.5 Å². The summed E-state index contributed by atoms with van der Waals surface area (Å²) in [6.45, 7) is 4.29. The molecule has 0 N–H and O–H groups in total. The third-order valence-corrected chi connectivity index (χ3v) is 5.29. The van der Waals surface area contributed by atoms with Crippen molar-refractivity contribution in [3.05, 3.63) is 24.5 Å². The Morgan fingerprint density at radius 3 is 2.65 bits per heavy atom. The second kappa shape index (κ2) is 6.87. The minimum atomic E-state index is 0.329. The highest BCUT2D eigenvalue weighted by molar-refractivity contribution is 5.39. The predicted molar refractivity (Wildman–Crippen MR) is 90.9 cm³/mol. The third-order valence-electron chi connectivity index (χ3n) is 5.29. The zero-order valence-corrected chi connectivity index (χ0v) is 13.7. The summed E-state index contributed by atoms with van der Waals surface area (Å²) in [6.07, 6.45) is 15.9. The normalized spacial score (nSPS) is 26.1. The standard InChI is InChI=1S/C18H26N4O/c1-2-6-16(7-3-1)23-18-13-19-12-17(20-18)22-11-8-15(14-22)21-9-4-5-10-21/h4-5,12-13,15-16H,1-3,6-11,14H2. The Morgan fingerprint density at radius 1 is 1.00 bits per heavy atom. The van der Waals surface area contributed by atoms with E-state index < -0.39 is 0 Å². The van der Waals surface area contributed by atoms with Gasteiger partial charge in [-0.25, -0.2) is 0 Å². The van der Waals surface area contributed by atoms with E-state index in [0.717, 1.165) is 44.8 Å². The Kier molecular flexibility index (Phi) is 4.46. The SMILES string of the molecule is C1=CCN(C2CCN(c3cncc(OC4CCCCC4)n3)C2)C1. The quantitative estimate of drug-likeness (QED) is 0.799. The average molecular weight is 314 g/mol. The fourth-order valence-electron chi connectivity index (χ4n) is 3.94. The number of hydrogen-bond donors (Lipinski definition) is 0. The summed E-state index contributed by atoms with van der Waals surface area (Å²) in [5, 5.41) is 0. The molecule has 1 aliphatic carbocycles. The second-order valence-corrected chi connectivity index (χ2v) is 6.91. The van der Waals surface area contributed by atoms with Gasteiger partial charge in [0, 0.05) is 32.2 Å². The molecule has 4 rings (SSSR count). The number of aromatic nitrogens is 2. The van der Waals surface area contributed by atoms with Crippen LogP contribution in [0.2, 0.25) is 0 Å². The van der Waals surface area contributed by atoms with Gasteiger partial charge in [-0.05, 0) is 32.1 Å². The van der Waals surface area contributed by atoms with Gasteiger partial charge >= 0.3 is 0 Å².